The molecule has 0 radical (unpaired) electrons. The number of para-hydroxylation sites is 1. The number of carbonyl (C=O) groups is 1. The lowest BCUT2D eigenvalue weighted by atomic mass is 9.96. The lowest BCUT2D eigenvalue weighted by Gasteiger charge is -2.31. The van der Waals surface area contributed by atoms with Crippen LogP contribution in [0.15, 0.2) is 67.0 Å². The number of anilines is 1. The zero-order valence-corrected chi connectivity index (χ0v) is 18.1. The molecule has 1 saturated heterocycles. The minimum absolute atomic E-state index is 0.0125. The van der Waals surface area contributed by atoms with E-state index in [1.807, 2.05) is 48.7 Å². The van der Waals surface area contributed by atoms with E-state index in [2.05, 4.69) is 43.1 Å². The summed E-state index contributed by atoms with van der Waals surface area (Å²) < 4.78 is 3.35. The van der Waals surface area contributed by atoms with Gasteiger partial charge >= 0.3 is 0 Å². The summed E-state index contributed by atoms with van der Waals surface area (Å²) >= 11 is 1.52. The van der Waals surface area contributed by atoms with Crippen molar-refractivity contribution in [3.8, 4) is 11.4 Å². The Morgan fingerprint density at radius 3 is 2.65 bits per heavy atom. The second kappa shape index (κ2) is 8.99. The van der Waals surface area contributed by atoms with Gasteiger partial charge in [0.15, 0.2) is 5.13 Å². The molecular formula is C24H25N5OS. The molecule has 6 nitrogen and oxygen atoms in total. The highest BCUT2D eigenvalue weighted by atomic mass is 32.1. The van der Waals surface area contributed by atoms with Gasteiger partial charge in [0.2, 0.25) is 5.91 Å². The van der Waals surface area contributed by atoms with Crippen molar-refractivity contribution >= 4 is 32.6 Å². The summed E-state index contributed by atoms with van der Waals surface area (Å²) in [6.45, 7) is 3.26. The molecule has 7 heteroatoms. The van der Waals surface area contributed by atoms with Crippen molar-refractivity contribution < 1.29 is 4.79 Å². The first-order chi connectivity index (χ1) is 15.2. The number of likely N-dealkylation sites (tertiary alicyclic amines) is 1. The molecule has 0 bridgehead atoms. The minimum atomic E-state index is 0.0125. The Balaban J connectivity index is 1.12. The van der Waals surface area contributed by atoms with Crippen molar-refractivity contribution in [1.82, 2.24) is 19.4 Å². The zero-order chi connectivity index (χ0) is 21.0. The van der Waals surface area contributed by atoms with Gasteiger partial charge in [-0.1, -0.05) is 53.8 Å². The fourth-order valence-corrected chi connectivity index (χ4v) is 5.08. The van der Waals surface area contributed by atoms with Gasteiger partial charge < -0.3 is 9.88 Å². The summed E-state index contributed by atoms with van der Waals surface area (Å²) in [5.74, 6) is 1.64. The van der Waals surface area contributed by atoms with E-state index in [0.717, 1.165) is 54.1 Å². The van der Waals surface area contributed by atoms with Crippen LogP contribution in [-0.4, -0.2) is 45.0 Å². The highest BCUT2D eigenvalue weighted by Crippen LogP contribution is 2.26. The Morgan fingerprint density at radius 2 is 1.84 bits per heavy atom. The second-order valence-corrected chi connectivity index (χ2v) is 9.05. The van der Waals surface area contributed by atoms with Gasteiger partial charge in [-0.25, -0.2) is 9.97 Å². The van der Waals surface area contributed by atoms with Crippen LogP contribution in [0, 0.1) is 5.92 Å². The number of fused-ring (bicyclic) bond motifs is 1. The molecule has 1 aliphatic heterocycles. The van der Waals surface area contributed by atoms with Crippen LogP contribution in [0.25, 0.3) is 21.6 Å². The van der Waals surface area contributed by atoms with Gasteiger partial charge in [0.1, 0.15) is 5.82 Å². The number of thiazole rings is 1. The van der Waals surface area contributed by atoms with E-state index in [4.69, 9.17) is 0 Å². The average molecular weight is 432 g/mol. The van der Waals surface area contributed by atoms with Gasteiger partial charge in [-0.2, -0.15) is 0 Å². The van der Waals surface area contributed by atoms with E-state index < -0.39 is 0 Å². The Bertz CT molecular complexity index is 1130. The van der Waals surface area contributed by atoms with Crippen molar-refractivity contribution in [3.05, 3.63) is 67.0 Å². The smallest absolute Gasteiger partial charge is 0.240 e. The topological polar surface area (TPSA) is 63.1 Å². The van der Waals surface area contributed by atoms with E-state index >= 15 is 0 Å². The third kappa shape index (κ3) is 4.68. The van der Waals surface area contributed by atoms with Crippen LogP contribution in [0.2, 0.25) is 0 Å². The highest BCUT2D eigenvalue weighted by molar-refractivity contribution is 7.22. The monoisotopic (exact) mass is 431 g/mol. The predicted octanol–water partition coefficient (Wildman–Crippen LogP) is 4.51. The van der Waals surface area contributed by atoms with Gasteiger partial charge in [-0.3, -0.25) is 9.69 Å². The van der Waals surface area contributed by atoms with Gasteiger partial charge in [-0.15, -0.1) is 0 Å². The molecule has 1 N–H and O–H groups in total. The van der Waals surface area contributed by atoms with Crippen molar-refractivity contribution in [3.63, 3.8) is 0 Å². The van der Waals surface area contributed by atoms with E-state index in [0.29, 0.717) is 17.6 Å². The fourth-order valence-electron chi connectivity index (χ4n) is 4.20. The predicted molar refractivity (Wildman–Crippen MR) is 125 cm³/mol. The number of benzene rings is 2. The summed E-state index contributed by atoms with van der Waals surface area (Å²) in [7, 11) is 0. The van der Waals surface area contributed by atoms with Crippen LogP contribution in [0.4, 0.5) is 5.13 Å². The van der Waals surface area contributed by atoms with E-state index in [1.165, 1.54) is 11.3 Å². The Morgan fingerprint density at radius 1 is 1.06 bits per heavy atom. The molecule has 3 heterocycles. The molecule has 31 heavy (non-hydrogen) atoms. The number of nitrogens with one attached hydrogen (secondary N) is 1. The number of piperidine rings is 1. The fraction of sp³-hybridized carbons (Fsp3) is 0.292. The van der Waals surface area contributed by atoms with Gasteiger partial charge in [0, 0.05) is 24.5 Å². The maximum Gasteiger partial charge on any atom is 0.240 e. The number of nitrogens with zero attached hydrogens (tertiary/aromatic N) is 4. The first kappa shape index (κ1) is 19.9. The number of aromatic nitrogens is 3. The number of hydrogen-bond donors (Lipinski definition) is 1. The third-order valence-corrected chi connectivity index (χ3v) is 6.77. The molecule has 0 unspecified atom stereocenters. The Hall–Kier alpha value is -3.03. The summed E-state index contributed by atoms with van der Waals surface area (Å²) in [6, 6.07) is 18.3. The number of carbonyl (C=O) groups excluding carboxylic acids is 1. The minimum Gasteiger partial charge on any atom is -0.331 e. The number of hydrogen-bond acceptors (Lipinski definition) is 5. The summed E-state index contributed by atoms with van der Waals surface area (Å²) in [5, 5.41) is 3.64. The highest BCUT2D eigenvalue weighted by Gasteiger charge is 2.22. The molecule has 158 valence electrons. The van der Waals surface area contributed by atoms with Crippen molar-refractivity contribution in [1.29, 1.82) is 0 Å². The molecule has 1 fully saturated rings. The molecular weight excluding hydrogens is 406 g/mol. The van der Waals surface area contributed by atoms with Crippen LogP contribution in [-0.2, 0) is 11.3 Å². The molecule has 2 aromatic carbocycles. The van der Waals surface area contributed by atoms with Crippen LogP contribution in [0.1, 0.15) is 12.8 Å². The van der Waals surface area contributed by atoms with Gasteiger partial charge in [-0.05, 0) is 44.0 Å². The SMILES string of the molecule is O=C(CN1CCC(Cn2ccnc2-c2ccccc2)CC1)Nc1nc2ccccc2s1. The number of rotatable bonds is 6. The molecule has 0 aliphatic carbocycles. The summed E-state index contributed by atoms with van der Waals surface area (Å²) in [6.07, 6.45) is 6.12. The van der Waals surface area contributed by atoms with Crippen LogP contribution < -0.4 is 5.32 Å². The van der Waals surface area contributed by atoms with E-state index in [-0.39, 0.29) is 5.91 Å². The number of imidazole rings is 1. The van der Waals surface area contributed by atoms with E-state index in [9.17, 15) is 4.79 Å². The van der Waals surface area contributed by atoms with Crippen LogP contribution in [0.3, 0.4) is 0 Å². The van der Waals surface area contributed by atoms with Crippen molar-refractivity contribution in [2.75, 3.05) is 25.0 Å². The molecule has 1 aliphatic rings. The van der Waals surface area contributed by atoms with E-state index in [1.54, 1.807) is 0 Å². The lowest BCUT2D eigenvalue weighted by Crippen LogP contribution is -2.40. The average Bonchev–Trinajstić information content (AvgIpc) is 3.42. The summed E-state index contributed by atoms with van der Waals surface area (Å²) in [4.78, 5) is 23.8. The maximum absolute atomic E-state index is 12.5. The van der Waals surface area contributed by atoms with Crippen LogP contribution >= 0.6 is 11.3 Å². The molecule has 2 aromatic heterocycles. The van der Waals surface area contributed by atoms with Crippen molar-refractivity contribution in [2.45, 2.75) is 19.4 Å². The number of amides is 1. The van der Waals surface area contributed by atoms with Crippen LogP contribution in [0.5, 0.6) is 0 Å². The quantitative estimate of drug-likeness (QED) is 0.488. The first-order valence-electron chi connectivity index (χ1n) is 10.7. The van der Waals surface area contributed by atoms with Crippen molar-refractivity contribution in [2.24, 2.45) is 5.92 Å². The standard InChI is InChI=1S/C24H25N5OS/c30-22(27-24-26-20-8-4-5-9-21(20)31-24)17-28-13-10-18(11-14-28)16-29-15-12-25-23(29)19-6-2-1-3-7-19/h1-9,12,15,18H,10-11,13-14,16-17H2,(H,26,27,30). The normalized spacial score (nSPS) is 15.4. The maximum atomic E-state index is 12.5. The molecule has 0 atom stereocenters. The largest absolute Gasteiger partial charge is 0.331 e. The summed E-state index contributed by atoms with van der Waals surface area (Å²) in [5.41, 5.74) is 2.08. The zero-order valence-electron chi connectivity index (χ0n) is 17.3. The molecule has 0 saturated carbocycles. The van der Waals surface area contributed by atoms with Gasteiger partial charge in [0.25, 0.3) is 0 Å². The Kier molecular flexibility index (Phi) is 5.78. The Labute approximate surface area is 185 Å². The first-order valence-corrected chi connectivity index (χ1v) is 11.5. The third-order valence-electron chi connectivity index (χ3n) is 5.82. The van der Waals surface area contributed by atoms with Gasteiger partial charge in [0.05, 0.1) is 16.8 Å². The molecule has 0 spiro atoms. The lowest BCUT2D eigenvalue weighted by molar-refractivity contribution is -0.117. The molecule has 4 aromatic rings. The molecule has 5 rings (SSSR count). The second-order valence-electron chi connectivity index (χ2n) is 8.02. The molecule has 1 amide bonds.